The SMILES string of the molecule is COc1ccccc1N1C[C@@H](c2ncc(-c3sc(C)nc3C)[nH]2)CC1=O. The minimum absolute atomic E-state index is 0.0375. The molecule has 0 spiro atoms. The number of hydrogen-bond donors (Lipinski definition) is 1. The molecule has 6 nitrogen and oxygen atoms in total. The molecule has 0 aliphatic carbocycles. The summed E-state index contributed by atoms with van der Waals surface area (Å²) in [6, 6.07) is 7.60. The largest absolute Gasteiger partial charge is 0.495 e. The lowest BCUT2D eigenvalue weighted by Gasteiger charge is -2.19. The van der Waals surface area contributed by atoms with Gasteiger partial charge in [-0.15, -0.1) is 11.3 Å². The number of carbonyl (C=O) groups excluding carboxylic acids is 1. The monoisotopic (exact) mass is 368 g/mol. The van der Waals surface area contributed by atoms with Crippen LogP contribution < -0.4 is 9.64 Å². The van der Waals surface area contributed by atoms with Crippen molar-refractivity contribution in [3.63, 3.8) is 0 Å². The number of ether oxygens (including phenoxy) is 1. The predicted molar refractivity (Wildman–Crippen MR) is 102 cm³/mol. The van der Waals surface area contributed by atoms with Gasteiger partial charge in [-0.05, 0) is 26.0 Å². The number of aromatic amines is 1. The van der Waals surface area contributed by atoms with E-state index < -0.39 is 0 Å². The van der Waals surface area contributed by atoms with Gasteiger partial charge in [0.15, 0.2) is 0 Å². The van der Waals surface area contributed by atoms with Gasteiger partial charge < -0.3 is 14.6 Å². The molecule has 1 saturated heterocycles. The number of para-hydroxylation sites is 2. The fourth-order valence-corrected chi connectivity index (χ4v) is 4.30. The number of H-pyrrole nitrogens is 1. The Morgan fingerprint density at radius 3 is 2.85 bits per heavy atom. The van der Waals surface area contributed by atoms with Gasteiger partial charge >= 0.3 is 0 Å². The van der Waals surface area contributed by atoms with E-state index in [4.69, 9.17) is 4.74 Å². The summed E-state index contributed by atoms with van der Waals surface area (Å²) in [5, 5.41) is 1.03. The molecule has 1 amide bonds. The molecular formula is C19H20N4O2S. The van der Waals surface area contributed by atoms with Gasteiger partial charge in [-0.25, -0.2) is 9.97 Å². The number of nitrogens with one attached hydrogen (secondary N) is 1. The summed E-state index contributed by atoms with van der Waals surface area (Å²) in [5.74, 6) is 1.67. The quantitative estimate of drug-likeness (QED) is 0.763. The summed E-state index contributed by atoms with van der Waals surface area (Å²) >= 11 is 1.65. The first-order valence-corrected chi connectivity index (χ1v) is 9.31. The molecule has 134 valence electrons. The van der Waals surface area contributed by atoms with Gasteiger partial charge in [-0.2, -0.15) is 0 Å². The zero-order valence-electron chi connectivity index (χ0n) is 14.9. The molecule has 0 radical (unpaired) electrons. The Morgan fingerprint density at radius 1 is 1.31 bits per heavy atom. The Labute approximate surface area is 155 Å². The van der Waals surface area contributed by atoms with E-state index in [1.165, 1.54) is 0 Å². The molecule has 1 fully saturated rings. The molecule has 7 heteroatoms. The van der Waals surface area contributed by atoms with Crippen molar-refractivity contribution in [1.82, 2.24) is 15.0 Å². The normalized spacial score (nSPS) is 17.1. The highest BCUT2D eigenvalue weighted by atomic mass is 32.1. The molecule has 3 aromatic rings. The van der Waals surface area contributed by atoms with E-state index in [1.54, 1.807) is 23.3 Å². The number of carbonyl (C=O) groups is 1. The number of benzene rings is 1. The summed E-state index contributed by atoms with van der Waals surface area (Å²) in [5.41, 5.74) is 2.77. The predicted octanol–water partition coefficient (Wildman–Crippen LogP) is 3.68. The lowest BCUT2D eigenvalue weighted by atomic mass is 10.1. The zero-order valence-corrected chi connectivity index (χ0v) is 15.8. The van der Waals surface area contributed by atoms with Crippen LogP contribution in [0.4, 0.5) is 5.69 Å². The first-order chi connectivity index (χ1) is 12.6. The summed E-state index contributed by atoms with van der Waals surface area (Å²) in [6.45, 7) is 4.59. The third-order valence-electron chi connectivity index (χ3n) is 4.63. The van der Waals surface area contributed by atoms with Crippen LogP contribution in [0, 0.1) is 13.8 Å². The number of anilines is 1. The Hall–Kier alpha value is -2.67. The van der Waals surface area contributed by atoms with Crippen molar-refractivity contribution in [2.45, 2.75) is 26.2 Å². The number of aryl methyl sites for hydroxylation is 2. The molecule has 0 unspecified atom stereocenters. The van der Waals surface area contributed by atoms with Crippen LogP contribution in [-0.4, -0.2) is 34.5 Å². The van der Waals surface area contributed by atoms with Crippen molar-refractivity contribution in [3.05, 3.63) is 47.0 Å². The van der Waals surface area contributed by atoms with E-state index >= 15 is 0 Å². The molecule has 1 aromatic carbocycles. The first kappa shape index (κ1) is 16.8. The number of methoxy groups -OCH3 is 1. The average molecular weight is 368 g/mol. The molecule has 0 bridgehead atoms. The van der Waals surface area contributed by atoms with Crippen molar-refractivity contribution in [1.29, 1.82) is 0 Å². The number of thiazole rings is 1. The summed E-state index contributed by atoms with van der Waals surface area (Å²) in [4.78, 5) is 27.9. The van der Waals surface area contributed by atoms with Gasteiger partial charge in [0.2, 0.25) is 5.91 Å². The smallest absolute Gasteiger partial charge is 0.227 e. The Balaban J connectivity index is 1.59. The molecule has 2 aromatic heterocycles. The van der Waals surface area contributed by atoms with Gasteiger partial charge in [0.1, 0.15) is 11.6 Å². The van der Waals surface area contributed by atoms with Gasteiger partial charge in [0.05, 0.1) is 40.3 Å². The number of amides is 1. The van der Waals surface area contributed by atoms with Crippen LogP contribution >= 0.6 is 11.3 Å². The lowest BCUT2D eigenvalue weighted by Crippen LogP contribution is -2.24. The minimum Gasteiger partial charge on any atom is -0.495 e. The van der Waals surface area contributed by atoms with E-state index in [1.807, 2.05) is 44.3 Å². The maximum atomic E-state index is 12.6. The molecular weight excluding hydrogens is 348 g/mol. The van der Waals surface area contributed by atoms with E-state index in [0.717, 1.165) is 32.8 Å². The van der Waals surface area contributed by atoms with E-state index in [2.05, 4.69) is 15.0 Å². The van der Waals surface area contributed by atoms with Crippen molar-refractivity contribution < 1.29 is 9.53 Å². The first-order valence-electron chi connectivity index (χ1n) is 8.49. The molecule has 1 atom stereocenters. The van der Waals surface area contributed by atoms with Crippen LogP contribution in [0.5, 0.6) is 5.75 Å². The van der Waals surface area contributed by atoms with Gasteiger partial charge in [0, 0.05) is 18.9 Å². The maximum Gasteiger partial charge on any atom is 0.227 e. The average Bonchev–Trinajstić information content (AvgIpc) is 3.33. The van der Waals surface area contributed by atoms with Crippen LogP contribution in [0.3, 0.4) is 0 Å². The molecule has 0 saturated carbocycles. The standard InChI is InChI=1S/C19H20N4O2S/c1-11-18(26-12(2)21-11)14-9-20-19(22-14)13-8-17(24)23(10-13)15-6-4-5-7-16(15)25-3/h4-7,9,13H,8,10H2,1-3H3,(H,20,22)/t13-/m0/s1. The van der Waals surface area contributed by atoms with E-state index in [0.29, 0.717) is 18.7 Å². The molecule has 1 N–H and O–H groups in total. The number of nitrogens with zero attached hydrogens (tertiary/aromatic N) is 3. The summed E-state index contributed by atoms with van der Waals surface area (Å²) < 4.78 is 5.40. The second-order valence-electron chi connectivity index (χ2n) is 6.41. The van der Waals surface area contributed by atoms with Crippen LogP contribution in [0.2, 0.25) is 0 Å². The van der Waals surface area contributed by atoms with Crippen molar-refractivity contribution in [2.75, 3.05) is 18.6 Å². The minimum atomic E-state index is 0.0375. The number of rotatable bonds is 4. The molecule has 4 rings (SSSR count). The van der Waals surface area contributed by atoms with Crippen LogP contribution in [0.25, 0.3) is 10.6 Å². The Bertz CT molecular complexity index is 962. The van der Waals surface area contributed by atoms with E-state index in [-0.39, 0.29) is 11.8 Å². The molecule has 1 aliphatic heterocycles. The second kappa shape index (κ2) is 6.57. The lowest BCUT2D eigenvalue weighted by molar-refractivity contribution is -0.117. The fraction of sp³-hybridized carbons (Fsp3) is 0.316. The van der Waals surface area contributed by atoms with E-state index in [9.17, 15) is 4.79 Å². The fourth-order valence-electron chi connectivity index (χ4n) is 3.42. The van der Waals surface area contributed by atoms with Gasteiger partial charge in [0.25, 0.3) is 0 Å². The third-order valence-corrected chi connectivity index (χ3v) is 5.74. The molecule has 3 heterocycles. The maximum absolute atomic E-state index is 12.6. The summed E-state index contributed by atoms with van der Waals surface area (Å²) in [6.07, 6.45) is 2.28. The van der Waals surface area contributed by atoms with Gasteiger partial charge in [-0.1, -0.05) is 12.1 Å². The highest BCUT2D eigenvalue weighted by Gasteiger charge is 2.34. The topological polar surface area (TPSA) is 71.1 Å². The number of aromatic nitrogens is 3. The highest BCUT2D eigenvalue weighted by Crippen LogP contribution is 2.36. The van der Waals surface area contributed by atoms with Crippen molar-refractivity contribution in [2.24, 2.45) is 0 Å². The summed E-state index contributed by atoms with van der Waals surface area (Å²) in [7, 11) is 1.62. The van der Waals surface area contributed by atoms with Gasteiger partial charge in [-0.3, -0.25) is 4.79 Å². The zero-order chi connectivity index (χ0) is 18.3. The Kier molecular flexibility index (Phi) is 4.24. The van der Waals surface area contributed by atoms with Crippen LogP contribution in [-0.2, 0) is 4.79 Å². The highest BCUT2D eigenvalue weighted by molar-refractivity contribution is 7.15. The third kappa shape index (κ3) is 2.88. The molecule has 1 aliphatic rings. The number of hydrogen-bond acceptors (Lipinski definition) is 5. The van der Waals surface area contributed by atoms with Crippen molar-refractivity contribution >= 4 is 22.9 Å². The second-order valence-corrected chi connectivity index (χ2v) is 7.61. The van der Waals surface area contributed by atoms with Crippen LogP contribution in [0.1, 0.15) is 28.9 Å². The number of imidazole rings is 1. The van der Waals surface area contributed by atoms with Crippen molar-refractivity contribution in [3.8, 4) is 16.3 Å². The Morgan fingerprint density at radius 2 is 2.12 bits per heavy atom. The molecule has 26 heavy (non-hydrogen) atoms. The van der Waals surface area contributed by atoms with Crippen LogP contribution in [0.15, 0.2) is 30.5 Å².